The molecule has 1 aromatic heterocycles. The van der Waals surface area contributed by atoms with Crippen LogP contribution in [0, 0.1) is 0 Å². The van der Waals surface area contributed by atoms with Crippen LogP contribution in [0.2, 0.25) is 10.0 Å². The summed E-state index contributed by atoms with van der Waals surface area (Å²) < 4.78 is 1.89. The average molecular weight is 344 g/mol. The number of anilines is 1. The van der Waals surface area contributed by atoms with Crippen molar-refractivity contribution in [2.75, 3.05) is 5.32 Å². The van der Waals surface area contributed by atoms with E-state index in [4.69, 9.17) is 23.2 Å². The molecule has 2 rings (SSSR count). The third-order valence-electron chi connectivity index (χ3n) is 2.82. The Bertz CT molecular complexity index is 625. The van der Waals surface area contributed by atoms with E-state index in [1.807, 2.05) is 24.7 Å². The van der Waals surface area contributed by atoms with E-state index < -0.39 is 0 Å². The molecule has 4 nitrogen and oxygen atoms in total. The fraction of sp³-hybridized carbons (Fsp3) is 0.286. The van der Waals surface area contributed by atoms with Gasteiger partial charge in [0.25, 0.3) is 0 Å². The Balaban J connectivity index is 2.08. The number of aryl methyl sites for hydroxylation is 1. The third kappa shape index (κ3) is 4.40. The number of nitrogens with zero attached hydrogens (tertiary/aromatic N) is 2. The van der Waals surface area contributed by atoms with Gasteiger partial charge in [-0.25, -0.2) is 4.98 Å². The van der Waals surface area contributed by atoms with Gasteiger partial charge in [0.1, 0.15) is 0 Å². The summed E-state index contributed by atoms with van der Waals surface area (Å²) in [6.07, 6.45) is 4.26. The van der Waals surface area contributed by atoms with E-state index in [0.29, 0.717) is 22.2 Å². The molecular formula is C14H15Cl2N3OS. The van der Waals surface area contributed by atoms with Gasteiger partial charge in [0.2, 0.25) is 5.91 Å². The van der Waals surface area contributed by atoms with E-state index in [9.17, 15) is 4.79 Å². The van der Waals surface area contributed by atoms with Gasteiger partial charge in [-0.1, -0.05) is 41.9 Å². The van der Waals surface area contributed by atoms with Crippen molar-refractivity contribution in [1.29, 1.82) is 0 Å². The number of halogens is 2. The fourth-order valence-electron chi connectivity index (χ4n) is 1.76. The lowest BCUT2D eigenvalue weighted by atomic mass is 10.2. The summed E-state index contributed by atoms with van der Waals surface area (Å²) >= 11 is 13.3. The lowest BCUT2D eigenvalue weighted by Crippen LogP contribution is -2.25. The van der Waals surface area contributed by atoms with Gasteiger partial charge in [0.05, 0.1) is 5.25 Å². The van der Waals surface area contributed by atoms with E-state index in [1.54, 1.807) is 24.4 Å². The first-order chi connectivity index (χ1) is 9.99. The number of amides is 1. The highest BCUT2D eigenvalue weighted by Gasteiger charge is 2.20. The zero-order chi connectivity index (χ0) is 15.4. The van der Waals surface area contributed by atoms with Crippen LogP contribution in [0.4, 0.5) is 5.69 Å². The lowest BCUT2D eigenvalue weighted by Gasteiger charge is -2.14. The zero-order valence-corrected chi connectivity index (χ0v) is 14.0. The van der Waals surface area contributed by atoms with E-state index in [-0.39, 0.29) is 11.2 Å². The highest BCUT2D eigenvalue weighted by atomic mass is 35.5. The molecule has 7 heteroatoms. The molecule has 21 heavy (non-hydrogen) atoms. The Hall–Kier alpha value is -1.17. The van der Waals surface area contributed by atoms with Crippen molar-refractivity contribution < 1.29 is 4.79 Å². The summed E-state index contributed by atoms with van der Waals surface area (Å²) in [6.45, 7) is 1.96. The molecule has 0 saturated carbocycles. The van der Waals surface area contributed by atoms with Gasteiger partial charge in [-0.05, 0) is 24.6 Å². The van der Waals surface area contributed by atoms with Crippen molar-refractivity contribution in [1.82, 2.24) is 9.55 Å². The van der Waals surface area contributed by atoms with E-state index in [1.165, 1.54) is 11.8 Å². The highest BCUT2D eigenvalue weighted by molar-refractivity contribution is 8.00. The van der Waals surface area contributed by atoms with Crippen LogP contribution in [0.25, 0.3) is 0 Å². The molecule has 0 aliphatic rings. The van der Waals surface area contributed by atoms with Crippen molar-refractivity contribution in [3.05, 3.63) is 40.6 Å². The molecule has 1 amide bonds. The predicted molar refractivity (Wildman–Crippen MR) is 88.2 cm³/mol. The standard InChI is InChI=1S/C14H15Cl2N3OS/c1-3-12(21-14-17-4-5-19(14)2)13(20)18-11-7-9(15)6-10(16)8-11/h4-8,12H,3H2,1-2H3,(H,18,20). The summed E-state index contributed by atoms with van der Waals surface area (Å²) in [6, 6.07) is 4.96. The average Bonchev–Trinajstić information content (AvgIpc) is 2.80. The number of rotatable bonds is 5. The maximum absolute atomic E-state index is 12.3. The SMILES string of the molecule is CCC(Sc1nccn1C)C(=O)Nc1cc(Cl)cc(Cl)c1. The monoisotopic (exact) mass is 343 g/mol. The Labute approximate surface area is 137 Å². The predicted octanol–water partition coefficient (Wildman–Crippen LogP) is 4.24. The molecule has 1 unspecified atom stereocenters. The van der Waals surface area contributed by atoms with Crippen LogP contribution in [0.1, 0.15) is 13.3 Å². The smallest absolute Gasteiger partial charge is 0.237 e. The minimum absolute atomic E-state index is 0.0937. The second kappa shape index (κ2) is 7.20. The molecule has 2 aromatic rings. The van der Waals surface area contributed by atoms with Gasteiger partial charge < -0.3 is 9.88 Å². The van der Waals surface area contributed by atoms with Crippen LogP contribution in [0.15, 0.2) is 35.7 Å². The number of thioether (sulfide) groups is 1. The summed E-state index contributed by atoms with van der Waals surface area (Å²) in [5, 5.41) is 4.39. The number of nitrogens with one attached hydrogen (secondary N) is 1. The van der Waals surface area contributed by atoms with Gasteiger partial charge in [-0.15, -0.1) is 0 Å². The fourth-order valence-corrected chi connectivity index (χ4v) is 3.23. The first kappa shape index (κ1) is 16.2. The van der Waals surface area contributed by atoms with Crippen LogP contribution in [0.3, 0.4) is 0 Å². The van der Waals surface area contributed by atoms with Gasteiger partial charge in [-0.2, -0.15) is 0 Å². The summed E-state index contributed by atoms with van der Waals surface area (Å²) in [5.41, 5.74) is 0.594. The number of hydrogen-bond donors (Lipinski definition) is 1. The molecule has 0 aliphatic carbocycles. The summed E-state index contributed by atoms with van der Waals surface area (Å²) in [4.78, 5) is 16.6. The number of benzene rings is 1. The second-order valence-corrected chi connectivity index (χ2v) is 6.53. The number of aromatic nitrogens is 2. The molecule has 0 aliphatic heterocycles. The molecule has 0 spiro atoms. The Morgan fingerprint density at radius 3 is 2.57 bits per heavy atom. The van der Waals surface area contributed by atoms with Gasteiger partial charge in [0.15, 0.2) is 5.16 Å². The largest absolute Gasteiger partial charge is 0.329 e. The van der Waals surface area contributed by atoms with Crippen molar-refractivity contribution >= 4 is 46.6 Å². The molecule has 0 radical (unpaired) electrons. The zero-order valence-electron chi connectivity index (χ0n) is 11.6. The maximum Gasteiger partial charge on any atom is 0.237 e. The molecule has 1 aromatic carbocycles. The molecule has 0 saturated heterocycles. The molecule has 1 heterocycles. The maximum atomic E-state index is 12.3. The van der Waals surface area contributed by atoms with E-state index >= 15 is 0 Å². The minimum atomic E-state index is -0.233. The molecular weight excluding hydrogens is 329 g/mol. The van der Waals surface area contributed by atoms with E-state index in [0.717, 1.165) is 5.16 Å². The molecule has 1 atom stereocenters. The van der Waals surface area contributed by atoms with Crippen LogP contribution < -0.4 is 5.32 Å². The quantitative estimate of drug-likeness (QED) is 0.826. The lowest BCUT2D eigenvalue weighted by molar-refractivity contribution is -0.115. The topological polar surface area (TPSA) is 46.9 Å². The van der Waals surface area contributed by atoms with Gasteiger partial charge >= 0.3 is 0 Å². The first-order valence-electron chi connectivity index (χ1n) is 6.40. The number of hydrogen-bond acceptors (Lipinski definition) is 3. The Morgan fingerprint density at radius 2 is 2.05 bits per heavy atom. The number of imidazole rings is 1. The molecule has 0 fully saturated rings. The second-order valence-electron chi connectivity index (χ2n) is 4.48. The number of carbonyl (C=O) groups excluding carboxylic acids is 1. The van der Waals surface area contributed by atoms with Crippen molar-refractivity contribution in [2.24, 2.45) is 7.05 Å². The van der Waals surface area contributed by atoms with Gasteiger partial charge in [0, 0.05) is 35.2 Å². The Morgan fingerprint density at radius 1 is 1.38 bits per heavy atom. The van der Waals surface area contributed by atoms with Crippen LogP contribution in [-0.2, 0) is 11.8 Å². The van der Waals surface area contributed by atoms with E-state index in [2.05, 4.69) is 10.3 Å². The molecule has 1 N–H and O–H groups in total. The highest BCUT2D eigenvalue weighted by Crippen LogP contribution is 2.26. The first-order valence-corrected chi connectivity index (χ1v) is 8.04. The van der Waals surface area contributed by atoms with Crippen LogP contribution in [0.5, 0.6) is 0 Å². The molecule has 0 bridgehead atoms. The van der Waals surface area contributed by atoms with Crippen LogP contribution in [-0.4, -0.2) is 20.7 Å². The van der Waals surface area contributed by atoms with Crippen molar-refractivity contribution in [2.45, 2.75) is 23.8 Å². The van der Waals surface area contributed by atoms with Crippen molar-refractivity contribution in [3.63, 3.8) is 0 Å². The van der Waals surface area contributed by atoms with Gasteiger partial charge in [-0.3, -0.25) is 4.79 Å². The summed E-state index contributed by atoms with van der Waals surface area (Å²) in [5.74, 6) is -0.0937. The molecule has 112 valence electrons. The van der Waals surface area contributed by atoms with Crippen LogP contribution >= 0.6 is 35.0 Å². The van der Waals surface area contributed by atoms with Crippen molar-refractivity contribution in [3.8, 4) is 0 Å². The number of carbonyl (C=O) groups is 1. The normalized spacial score (nSPS) is 12.2. The summed E-state index contributed by atoms with van der Waals surface area (Å²) in [7, 11) is 1.90. The Kier molecular flexibility index (Phi) is 5.56. The third-order valence-corrected chi connectivity index (χ3v) is 4.69. The minimum Gasteiger partial charge on any atom is -0.329 e.